The Hall–Kier alpha value is -0.830. The van der Waals surface area contributed by atoms with Gasteiger partial charge in [-0.1, -0.05) is 12.5 Å². The van der Waals surface area contributed by atoms with E-state index in [2.05, 4.69) is 27.4 Å². The Morgan fingerprint density at radius 2 is 1.94 bits per heavy atom. The highest BCUT2D eigenvalue weighted by atomic mass is 16.4. The number of allylic oxidation sites excluding steroid dienone is 1. The first-order chi connectivity index (χ1) is 7.38. The van der Waals surface area contributed by atoms with Gasteiger partial charge in [0.25, 0.3) is 0 Å². The summed E-state index contributed by atoms with van der Waals surface area (Å²) in [5.74, 6) is -0.749. The van der Waals surface area contributed by atoms with Gasteiger partial charge >= 0.3 is 5.97 Å². The molecule has 0 saturated carbocycles. The minimum Gasteiger partial charge on any atom is -0.480 e. The van der Waals surface area contributed by atoms with Gasteiger partial charge in [-0.25, -0.2) is 0 Å². The minimum atomic E-state index is -0.749. The summed E-state index contributed by atoms with van der Waals surface area (Å²) in [7, 11) is 0. The predicted molar refractivity (Wildman–Crippen MR) is 67.6 cm³/mol. The lowest BCUT2D eigenvalue weighted by Crippen LogP contribution is -2.44. The Balaban J connectivity index is 3.93. The number of unbranched alkanes of at least 4 members (excludes halogenated alkanes) is 3. The first-order valence-electron chi connectivity index (χ1n) is 5.95. The zero-order valence-electron chi connectivity index (χ0n) is 10.8. The minimum absolute atomic E-state index is 0.0726. The summed E-state index contributed by atoms with van der Waals surface area (Å²) >= 11 is 0. The lowest BCUT2D eigenvalue weighted by molar-refractivity contribution is -0.139. The molecule has 16 heavy (non-hydrogen) atoms. The molecule has 0 heterocycles. The molecule has 0 fully saturated rings. The summed E-state index contributed by atoms with van der Waals surface area (Å²) in [6.07, 6.45) is 6.32. The van der Waals surface area contributed by atoms with E-state index in [0.717, 1.165) is 32.2 Å². The molecule has 0 aromatic rings. The van der Waals surface area contributed by atoms with Crippen molar-refractivity contribution in [1.29, 1.82) is 0 Å². The van der Waals surface area contributed by atoms with E-state index in [0.29, 0.717) is 0 Å². The van der Waals surface area contributed by atoms with Crippen LogP contribution in [0, 0.1) is 0 Å². The molecule has 0 saturated heterocycles. The molecule has 3 heteroatoms. The quantitative estimate of drug-likeness (QED) is 0.512. The van der Waals surface area contributed by atoms with Crippen molar-refractivity contribution in [2.24, 2.45) is 0 Å². The molecular formula is C13H25NO2. The molecule has 0 aromatic heterocycles. The van der Waals surface area contributed by atoms with Gasteiger partial charge < -0.3 is 5.11 Å². The van der Waals surface area contributed by atoms with E-state index >= 15 is 0 Å². The van der Waals surface area contributed by atoms with Gasteiger partial charge in [0.2, 0.25) is 0 Å². The lowest BCUT2D eigenvalue weighted by atomic mass is 10.0. The second-order valence-corrected chi connectivity index (χ2v) is 5.12. The number of nitrogens with zero attached hydrogens (tertiary/aromatic N) is 1. The third kappa shape index (κ3) is 7.46. The Bertz CT molecular complexity index is 218. The van der Waals surface area contributed by atoms with Gasteiger partial charge in [-0.2, -0.15) is 0 Å². The van der Waals surface area contributed by atoms with Crippen LogP contribution in [0.1, 0.15) is 46.5 Å². The fourth-order valence-corrected chi connectivity index (χ4v) is 1.58. The molecule has 0 unspecified atom stereocenters. The van der Waals surface area contributed by atoms with Gasteiger partial charge in [-0.15, -0.1) is 6.58 Å². The van der Waals surface area contributed by atoms with Crippen LogP contribution in [0.2, 0.25) is 0 Å². The van der Waals surface area contributed by atoms with Gasteiger partial charge in [-0.3, -0.25) is 9.69 Å². The van der Waals surface area contributed by atoms with Gasteiger partial charge in [-0.05, 0) is 46.6 Å². The normalized spacial score (nSPS) is 11.8. The topological polar surface area (TPSA) is 40.5 Å². The van der Waals surface area contributed by atoms with Crippen LogP contribution in [0.15, 0.2) is 12.7 Å². The Morgan fingerprint density at radius 3 is 2.38 bits per heavy atom. The van der Waals surface area contributed by atoms with E-state index in [4.69, 9.17) is 5.11 Å². The van der Waals surface area contributed by atoms with Crippen LogP contribution in [0.25, 0.3) is 0 Å². The maximum absolute atomic E-state index is 10.7. The molecule has 0 rings (SSSR count). The highest BCUT2D eigenvalue weighted by Crippen LogP contribution is 2.14. The van der Waals surface area contributed by atoms with Crippen LogP contribution in [-0.4, -0.2) is 34.6 Å². The number of hydrogen-bond acceptors (Lipinski definition) is 2. The average molecular weight is 227 g/mol. The first kappa shape index (κ1) is 15.2. The third-order valence-electron chi connectivity index (χ3n) is 2.61. The van der Waals surface area contributed by atoms with E-state index in [1.165, 1.54) is 0 Å². The second-order valence-electron chi connectivity index (χ2n) is 5.12. The van der Waals surface area contributed by atoms with E-state index in [1.54, 1.807) is 0 Å². The summed E-state index contributed by atoms with van der Waals surface area (Å²) in [4.78, 5) is 12.8. The zero-order chi connectivity index (χ0) is 12.6. The van der Waals surface area contributed by atoms with Crippen molar-refractivity contribution in [3.05, 3.63) is 12.7 Å². The molecule has 0 aliphatic heterocycles. The van der Waals surface area contributed by atoms with E-state index < -0.39 is 5.97 Å². The second kappa shape index (κ2) is 7.44. The van der Waals surface area contributed by atoms with Crippen molar-refractivity contribution in [2.45, 2.75) is 52.0 Å². The van der Waals surface area contributed by atoms with Crippen molar-refractivity contribution in [3.8, 4) is 0 Å². The fraction of sp³-hybridized carbons (Fsp3) is 0.769. The van der Waals surface area contributed by atoms with Gasteiger partial charge in [0.15, 0.2) is 0 Å². The molecule has 0 radical (unpaired) electrons. The number of rotatable bonds is 8. The molecule has 0 spiro atoms. The van der Waals surface area contributed by atoms with Crippen LogP contribution in [0.3, 0.4) is 0 Å². The number of carboxylic acids is 1. The predicted octanol–water partition coefficient (Wildman–Crippen LogP) is 2.92. The standard InChI is InChI=1S/C13H25NO2/c1-5-6-7-8-9-10-14(11-12(15)16)13(2,3)4/h5H,1,6-11H2,2-4H3,(H,15,16). The molecule has 0 aliphatic rings. The molecule has 94 valence electrons. The average Bonchev–Trinajstić information content (AvgIpc) is 2.13. The lowest BCUT2D eigenvalue weighted by Gasteiger charge is -2.34. The van der Waals surface area contributed by atoms with E-state index in [1.807, 2.05) is 11.0 Å². The summed E-state index contributed by atoms with van der Waals surface area (Å²) in [5.41, 5.74) is -0.0726. The third-order valence-corrected chi connectivity index (χ3v) is 2.61. The summed E-state index contributed by atoms with van der Waals surface area (Å²) in [5, 5.41) is 8.83. The molecular weight excluding hydrogens is 202 g/mol. The van der Waals surface area contributed by atoms with Crippen LogP contribution < -0.4 is 0 Å². The summed E-state index contributed by atoms with van der Waals surface area (Å²) in [6, 6.07) is 0. The fourth-order valence-electron chi connectivity index (χ4n) is 1.58. The Kier molecular flexibility index (Phi) is 7.06. The van der Waals surface area contributed by atoms with Crippen molar-refractivity contribution >= 4 is 5.97 Å². The highest BCUT2D eigenvalue weighted by Gasteiger charge is 2.22. The van der Waals surface area contributed by atoms with Crippen molar-refractivity contribution in [3.63, 3.8) is 0 Å². The van der Waals surface area contributed by atoms with Crippen molar-refractivity contribution in [2.75, 3.05) is 13.1 Å². The Labute approximate surface area is 99.1 Å². The van der Waals surface area contributed by atoms with Crippen LogP contribution in [0.5, 0.6) is 0 Å². The molecule has 0 aromatic carbocycles. The van der Waals surface area contributed by atoms with Crippen LogP contribution in [-0.2, 0) is 4.79 Å². The SMILES string of the molecule is C=CCCCCCN(CC(=O)O)C(C)(C)C. The number of carbonyl (C=O) groups is 1. The van der Waals surface area contributed by atoms with Crippen LogP contribution in [0.4, 0.5) is 0 Å². The van der Waals surface area contributed by atoms with Gasteiger partial charge in [0.1, 0.15) is 0 Å². The molecule has 0 atom stereocenters. The molecule has 0 bridgehead atoms. The maximum Gasteiger partial charge on any atom is 0.317 e. The highest BCUT2D eigenvalue weighted by molar-refractivity contribution is 5.69. The largest absolute Gasteiger partial charge is 0.480 e. The van der Waals surface area contributed by atoms with Crippen molar-refractivity contribution in [1.82, 2.24) is 4.90 Å². The Morgan fingerprint density at radius 1 is 1.31 bits per heavy atom. The van der Waals surface area contributed by atoms with E-state index in [-0.39, 0.29) is 12.1 Å². The zero-order valence-corrected chi connectivity index (χ0v) is 10.8. The molecule has 0 aliphatic carbocycles. The van der Waals surface area contributed by atoms with Gasteiger partial charge in [0.05, 0.1) is 6.54 Å². The van der Waals surface area contributed by atoms with Crippen LogP contribution >= 0.6 is 0 Å². The smallest absolute Gasteiger partial charge is 0.317 e. The van der Waals surface area contributed by atoms with Crippen molar-refractivity contribution < 1.29 is 9.90 Å². The molecule has 1 N–H and O–H groups in total. The number of aliphatic carboxylic acids is 1. The maximum atomic E-state index is 10.7. The van der Waals surface area contributed by atoms with E-state index in [9.17, 15) is 4.79 Å². The molecule has 0 amide bonds. The number of hydrogen-bond donors (Lipinski definition) is 1. The van der Waals surface area contributed by atoms with Gasteiger partial charge in [0, 0.05) is 5.54 Å². The summed E-state index contributed by atoms with van der Waals surface area (Å²) < 4.78 is 0. The molecule has 3 nitrogen and oxygen atoms in total. The monoisotopic (exact) mass is 227 g/mol. The summed E-state index contributed by atoms with van der Waals surface area (Å²) in [6.45, 7) is 10.8. The number of carboxylic acid groups (broad SMARTS) is 1. The first-order valence-corrected chi connectivity index (χ1v) is 5.95.